The first-order chi connectivity index (χ1) is 11.9. The van der Waals surface area contributed by atoms with Crippen molar-refractivity contribution in [2.24, 2.45) is 0 Å². The van der Waals surface area contributed by atoms with E-state index in [1.165, 1.54) is 0 Å². The van der Waals surface area contributed by atoms with Crippen LogP contribution >= 0.6 is 0 Å². The van der Waals surface area contributed by atoms with Crippen molar-refractivity contribution < 1.29 is 22.6 Å². The average Bonchev–Trinajstić information content (AvgIpc) is 2.61. The van der Waals surface area contributed by atoms with E-state index in [9.17, 15) is 8.42 Å². The molecular formula is C18H23NO5S. The molecule has 2 aromatic carbocycles. The highest BCUT2D eigenvalue weighted by atomic mass is 32.2. The minimum Gasteiger partial charge on any atom is -0.497 e. The Morgan fingerprint density at radius 1 is 0.960 bits per heavy atom. The van der Waals surface area contributed by atoms with Gasteiger partial charge in [0, 0.05) is 12.6 Å². The van der Waals surface area contributed by atoms with Crippen LogP contribution in [0.1, 0.15) is 11.1 Å². The molecule has 0 bridgehead atoms. The molecule has 2 aromatic rings. The zero-order valence-corrected chi connectivity index (χ0v) is 15.6. The molecule has 0 fully saturated rings. The van der Waals surface area contributed by atoms with Gasteiger partial charge in [-0.25, -0.2) is 13.1 Å². The molecule has 0 aliphatic carbocycles. The SMILES string of the molecule is COc1cccc(OCCNS(=O)(=O)c2ccc(OC)c(C)c2C)c1. The summed E-state index contributed by atoms with van der Waals surface area (Å²) in [5, 5.41) is 0. The van der Waals surface area contributed by atoms with Gasteiger partial charge in [-0.3, -0.25) is 0 Å². The van der Waals surface area contributed by atoms with Gasteiger partial charge in [0.25, 0.3) is 0 Å². The van der Waals surface area contributed by atoms with Crippen LogP contribution in [0, 0.1) is 13.8 Å². The zero-order chi connectivity index (χ0) is 18.4. The van der Waals surface area contributed by atoms with E-state index in [0.717, 1.165) is 5.56 Å². The highest BCUT2D eigenvalue weighted by Crippen LogP contribution is 2.26. The van der Waals surface area contributed by atoms with Crippen molar-refractivity contribution in [3.63, 3.8) is 0 Å². The molecule has 0 radical (unpaired) electrons. The topological polar surface area (TPSA) is 73.9 Å². The number of hydrogen-bond acceptors (Lipinski definition) is 5. The van der Waals surface area contributed by atoms with Crippen LogP contribution in [-0.2, 0) is 10.0 Å². The molecule has 6 nitrogen and oxygen atoms in total. The maximum absolute atomic E-state index is 12.5. The summed E-state index contributed by atoms with van der Waals surface area (Å²) in [6.45, 7) is 3.96. The summed E-state index contributed by atoms with van der Waals surface area (Å²) in [6, 6.07) is 10.3. The molecule has 1 N–H and O–H groups in total. The first-order valence-electron chi connectivity index (χ1n) is 7.79. The first kappa shape index (κ1) is 19.1. The fourth-order valence-corrected chi connectivity index (χ4v) is 3.71. The maximum Gasteiger partial charge on any atom is 0.240 e. The van der Waals surface area contributed by atoms with Crippen LogP contribution in [0.4, 0.5) is 0 Å². The third-order valence-corrected chi connectivity index (χ3v) is 5.51. The molecule has 0 aliphatic rings. The van der Waals surface area contributed by atoms with Crippen molar-refractivity contribution in [2.75, 3.05) is 27.4 Å². The van der Waals surface area contributed by atoms with Crippen molar-refractivity contribution in [1.82, 2.24) is 4.72 Å². The number of hydrogen-bond donors (Lipinski definition) is 1. The molecule has 0 heterocycles. The van der Waals surface area contributed by atoms with E-state index in [0.29, 0.717) is 22.8 Å². The molecule has 0 atom stereocenters. The van der Waals surface area contributed by atoms with E-state index >= 15 is 0 Å². The lowest BCUT2D eigenvalue weighted by Gasteiger charge is -2.14. The molecule has 0 saturated carbocycles. The first-order valence-corrected chi connectivity index (χ1v) is 9.28. The summed E-state index contributed by atoms with van der Waals surface area (Å²) in [5.41, 5.74) is 1.47. The number of rotatable bonds is 8. The Morgan fingerprint density at radius 2 is 1.68 bits per heavy atom. The van der Waals surface area contributed by atoms with E-state index < -0.39 is 10.0 Å². The molecule has 2 rings (SSSR count). The monoisotopic (exact) mass is 365 g/mol. The number of benzene rings is 2. The summed E-state index contributed by atoms with van der Waals surface area (Å²) in [4.78, 5) is 0.243. The van der Waals surface area contributed by atoms with Crippen molar-refractivity contribution >= 4 is 10.0 Å². The van der Waals surface area contributed by atoms with E-state index in [2.05, 4.69) is 4.72 Å². The minimum atomic E-state index is -3.62. The van der Waals surface area contributed by atoms with E-state index in [4.69, 9.17) is 14.2 Å². The predicted octanol–water partition coefficient (Wildman–Crippen LogP) is 2.68. The Bertz CT molecular complexity index is 833. The predicted molar refractivity (Wildman–Crippen MR) is 96.1 cm³/mol. The third-order valence-electron chi connectivity index (χ3n) is 3.90. The average molecular weight is 365 g/mol. The number of nitrogens with one attached hydrogen (secondary N) is 1. The summed E-state index contributed by atoms with van der Waals surface area (Å²) >= 11 is 0. The van der Waals surface area contributed by atoms with Crippen LogP contribution < -0.4 is 18.9 Å². The van der Waals surface area contributed by atoms with Gasteiger partial charge < -0.3 is 14.2 Å². The fraction of sp³-hybridized carbons (Fsp3) is 0.333. The molecule has 7 heteroatoms. The van der Waals surface area contributed by atoms with Crippen molar-refractivity contribution in [3.8, 4) is 17.2 Å². The molecule has 0 saturated heterocycles. The lowest BCUT2D eigenvalue weighted by atomic mass is 10.1. The highest BCUT2D eigenvalue weighted by molar-refractivity contribution is 7.89. The molecule has 136 valence electrons. The Hall–Kier alpha value is -2.25. The Morgan fingerprint density at radius 3 is 2.36 bits per heavy atom. The second kappa shape index (κ2) is 8.22. The molecule has 0 amide bonds. The molecule has 0 aliphatic heterocycles. The van der Waals surface area contributed by atoms with Crippen LogP contribution in [0.25, 0.3) is 0 Å². The molecular weight excluding hydrogens is 342 g/mol. The quantitative estimate of drug-likeness (QED) is 0.728. The van der Waals surface area contributed by atoms with E-state index in [1.54, 1.807) is 45.4 Å². The number of methoxy groups -OCH3 is 2. The largest absolute Gasteiger partial charge is 0.497 e. The highest BCUT2D eigenvalue weighted by Gasteiger charge is 2.19. The lowest BCUT2D eigenvalue weighted by Crippen LogP contribution is -2.29. The van der Waals surface area contributed by atoms with Crippen LogP contribution in [0.2, 0.25) is 0 Å². The van der Waals surface area contributed by atoms with Gasteiger partial charge in [-0.15, -0.1) is 0 Å². The summed E-state index contributed by atoms with van der Waals surface area (Å²) < 4.78 is 43.4. The minimum absolute atomic E-state index is 0.157. The van der Waals surface area contributed by atoms with Gasteiger partial charge in [-0.1, -0.05) is 6.07 Å². The van der Waals surface area contributed by atoms with Crippen molar-refractivity contribution in [2.45, 2.75) is 18.7 Å². The second-order valence-electron chi connectivity index (χ2n) is 5.44. The van der Waals surface area contributed by atoms with Crippen LogP contribution in [-0.4, -0.2) is 35.8 Å². The van der Waals surface area contributed by atoms with Gasteiger partial charge >= 0.3 is 0 Å². The van der Waals surface area contributed by atoms with Gasteiger partial charge in [0.1, 0.15) is 23.9 Å². The van der Waals surface area contributed by atoms with Gasteiger partial charge in [0.05, 0.1) is 19.1 Å². The van der Waals surface area contributed by atoms with Gasteiger partial charge in [-0.05, 0) is 49.2 Å². The van der Waals surface area contributed by atoms with Crippen LogP contribution in [0.15, 0.2) is 41.3 Å². The third kappa shape index (κ3) is 4.64. The standard InChI is InChI=1S/C18H23NO5S/c1-13-14(2)18(9-8-17(13)23-4)25(20,21)19-10-11-24-16-7-5-6-15(12-16)22-3/h5-9,12,19H,10-11H2,1-4H3. The molecule has 0 unspecified atom stereocenters. The molecule has 0 spiro atoms. The maximum atomic E-state index is 12.5. The summed E-state index contributed by atoms with van der Waals surface area (Å²) in [7, 11) is -0.480. The zero-order valence-electron chi connectivity index (χ0n) is 14.8. The Balaban J connectivity index is 1.99. The van der Waals surface area contributed by atoms with Crippen molar-refractivity contribution in [1.29, 1.82) is 0 Å². The molecule has 0 aromatic heterocycles. The van der Waals surface area contributed by atoms with E-state index in [-0.39, 0.29) is 18.0 Å². The normalized spacial score (nSPS) is 11.2. The number of ether oxygens (including phenoxy) is 3. The number of sulfonamides is 1. The van der Waals surface area contributed by atoms with Gasteiger partial charge in [-0.2, -0.15) is 0 Å². The lowest BCUT2D eigenvalue weighted by molar-refractivity contribution is 0.320. The van der Waals surface area contributed by atoms with Gasteiger partial charge in [0.2, 0.25) is 10.0 Å². The Kier molecular flexibility index (Phi) is 6.27. The van der Waals surface area contributed by atoms with E-state index in [1.807, 2.05) is 19.1 Å². The fourth-order valence-electron chi connectivity index (χ4n) is 2.40. The van der Waals surface area contributed by atoms with Gasteiger partial charge in [0.15, 0.2) is 0 Å². The molecule has 25 heavy (non-hydrogen) atoms. The summed E-state index contributed by atoms with van der Waals surface area (Å²) in [5.74, 6) is 1.97. The van der Waals surface area contributed by atoms with Crippen molar-refractivity contribution in [3.05, 3.63) is 47.5 Å². The smallest absolute Gasteiger partial charge is 0.240 e. The summed E-state index contributed by atoms with van der Waals surface area (Å²) in [6.07, 6.45) is 0. The van der Waals surface area contributed by atoms with Crippen LogP contribution in [0.3, 0.4) is 0 Å². The Labute approximate surface area is 148 Å². The second-order valence-corrected chi connectivity index (χ2v) is 7.18. The van der Waals surface area contributed by atoms with Crippen LogP contribution in [0.5, 0.6) is 17.2 Å².